The van der Waals surface area contributed by atoms with Crippen molar-refractivity contribution >= 4 is 16.9 Å². The molecule has 0 aliphatic rings. The smallest absolute Gasteiger partial charge is 0.355 e. The van der Waals surface area contributed by atoms with Crippen LogP contribution in [0.4, 0.5) is 27.6 Å². The van der Waals surface area contributed by atoms with Gasteiger partial charge >= 0.3 is 6.18 Å². The van der Waals surface area contributed by atoms with Crippen molar-refractivity contribution in [3.8, 4) is 22.5 Å². The maximum atomic E-state index is 14.2. The number of benzene rings is 2. The van der Waals surface area contributed by atoms with Crippen LogP contribution in [-0.4, -0.2) is 14.4 Å². The monoisotopic (exact) mass is 506 g/mol. The van der Waals surface area contributed by atoms with Crippen molar-refractivity contribution in [2.75, 3.05) is 5.32 Å². The Kier molecular flexibility index (Phi) is 5.99. The Labute approximate surface area is 208 Å². The minimum Gasteiger partial charge on any atom is -0.355 e. The van der Waals surface area contributed by atoms with Gasteiger partial charge in [-0.25, -0.2) is 13.8 Å². The fourth-order valence-corrected chi connectivity index (χ4v) is 4.22. The Morgan fingerprint density at radius 1 is 0.919 bits per heavy atom. The molecule has 3 aromatic heterocycles. The summed E-state index contributed by atoms with van der Waals surface area (Å²) in [6.45, 7) is 5.90. The predicted octanol–water partition coefficient (Wildman–Crippen LogP) is 7.75. The third kappa shape index (κ3) is 4.55. The number of nitrogens with zero attached hydrogens (tertiary/aromatic N) is 3. The maximum absolute atomic E-state index is 14.2. The van der Waals surface area contributed by atoms with E-state index in [4.69, 9.17) is 0 Å². The molecule has 5 rings (SSSR count). The summed E-state index contributed by atoms with van der Waals surface area (Å²) >= 11 is 0. The van der Waals surface area contributed by atoms with E-state index in [1.54, 1.807) is 36.7 Å². The van der Waals surface area contributed by atoms with E-state index in [0.29, 0.717) is 39.3 Å². The van der Waals surface area contributed by atoms with Gasteiger partial charge in [-0.05, 0) is 49.4 Å². The van der Waals surface area contributed by atoms with Crippen LogP contribution in [0, 0.1) is 18.6 Å². The van der Waals surface area contributed by atoms with E-state index in [0.717, 1.165) is 6.07 Å². The molecule has 1 N–H and O–H groups in total. The standard InChI is InChI=1S/C28H19F5N4/c1-16-23(17(2)36-20-10-8-19(29)9-11-20)13-18(14-34-16)21-6-4-12-37-25(21)15-35-27(37)22-5-3-7-24(30)26(22)28(31,32)33/h3-15,36H,2H2,1H3. The fourth-order valence-electron chi connectivity index (χ4n) is 4.22. The Morgan fingerprint density at radius 2 is 1.65 bits per heavy atom. The first-order valence-electron chi connectivity index (χ1n) is 11.1. The summed E-state index contributed by atoms with van der Waals surface area (Å²) in [5.41, 5.74) is 2.71. The van der Waals surface area contributed by atoms with Crippen LogP contribution in [0.1, 0.15) is 16.8 Å². The lowest BCUT2D eigenvalue weighted by molar-refractivity contribution is -0.139. The summed E-state index contributed by atoms with van der Waals surface area (Å²) < 4.78 is 69.9. The number of fused-ring (bicyclic) bond motifs is 1. The van der Waals surface area contributed by atoms with Gasteiger partial charge in [0.1, 0.15) is 23.0 Å². The van der Waals surface area contributed by atoms with E-state index in [9.17, 15) is 22.0 Å². The number of aromatic nitrogens is 3. The molecule has 0 aliphatic heterocycles. The molecule has 0 saturated carbocycles. The van der Waals surface area contributed by atoms with Gasteiger partial charge in [0.2, 0.25) is 0 Å². The Bertz CT molecular complexity index is 1640. The topological polar surface area (TPSA) is 42.2 Å². The Hall–Kier alpha value is -4.53. The number of halogens is 5. The zero-order valence-corrected chi connectivity index (χ0v) is 19.4. The highest BCUT2D eigenvalue weighted by Crippen LogP contribution is 2.39. The molecule has 0 amide bonds. The van der Waals surface area contributed by atoms with Crippen molar-refractivity contribution in [2.45, 2.75) is 13.1 Å². The summed E-state index contributed by atoms with van der Waals surface area (Å²) in [5, 5.41) is 3.13. The SMILES string of the molecule is C=C(Nc1ccc(F)cc1)c1cc(-c2cccn3c(-c4cccc(F)c4C(F)(F)F)ncc23)cnc1C. The van der Waals surface area contributed by atoms with Gasteiger partial charge < -0.3 is 5.32 Å². The molecule has 37 heavy (non-hydrogen) atoms. The number of hydrogen-bond donors (Lipinski definition) is 1. The highest BCUT2D eigenvalue weighted by molar-refractivity contribution is 5.85. The molecule has 2 aromatic carbocycles. The average molecular weight is 506 g/mol. The lowest BCUT2D eigenvalue weighted by atomic mass is 10.0. The average Bonchev–Trinajstić information content (AvgIpc) is 3.29. The van der Waals surface area contributed by atoms with Crippen LogP contribution in [0.5, 0.6) is 0 Å². The Morgan fingerprint density at radius 3 is 2.38 bits per heavy atom. The van der Waals surface area contributed by atoms with Gasteiger partial charge in [-0.3, -0.25) is 9.38 Å². The van der Waals surface area contributed by atoms with E-state index >= 15 is 0 Å². The van der Waals surface area contributed by atoms with Crippen LogP contribution >= 0.6 is 0 Å². The quantitative estimate of drug-likeness (QED) is 0.248. The van der Waals surface area contributed by atoms with Crippen molar-refractivity contribution in [2.24, 2.45) is 0 Å². The van der Waals surface area contributed by atoms with Crippen LogP contribution in [0.3, 0.4) is 0 Å². The third-order valence-electron chi connectivity index (χ3n) is 5.97. The van der Waals surface area contributed by atoms with Crippen LogP contribution in [0.2, 0.25) is 0 Å². The van der Waals surface area contributed by atoms with Crippen LogP contribution in [0.25, 0.3) is 33.7 Å². The van der Waals surface area contributed by atoms with Gasteiger partial charge in [0.05, 0.1) is 11.7 Å². The van der Waals surface area contributed by atoms with Gasteiger partial charge in [-0.1, -0.05) is 24.8 Å². The van der Waals surface area contributed by atoms with E-state index < -0.39 is 17.6 Å². The molecular weight excluding hydrogens is 487 g/mol. The second kappa shape index (κ2) is 9.16. The Balaban J connectivity index is 1.58. The molecule has 0 spiro atoms. The van der Waals surface area contributed by atoms with Crippen LogP contribution in [0.15, 0.2) is 85.8 Å². The maximum Gasteiger partial charge on any atom is 0.419 e. The highest BCUT2D eigenvalue weighted by Gasteiger charge is 2.38. The largest absolute Gasteiger partial charge is 0.419 e. The van der Waals surface area contributed by atoms with Gasteiger partial charge in [-0.2, -0.15) is 13.2 Å². The van der Waals surface area contributed by atoms with E-state index in [2.05, 4.69) is 21.9 Å². The normalized spacial score (nSPS) is 11.6. The van der Waals surface area contributed by atoms with Crippen molar-refractivity contribution < 1.29 is 22.0 Å². The molecule has 0 unspecified atom stereocenters. The molecule has 0 aliphatic carbocycles. The molecule has 5 aromatic rings. The minimum atomic E-state index is -4.89. The second-order valence-corrected chi connectivity index (χ2v) is 8.39. The molecule has 0 radical (unpaired) electrons. The number of rotatable bonds is 5. The van der Waals surface area contributed by atoms with Gasteiger partial charge in [0.25, 0.3) is 0 Å². The zero-order chi connectivity index (χ0) is 26.3. The van der Waals surface area contributed by atoms with Crippen molar-refractivity contribution in [3.63, 3.8) is 0 Å². The molecule has 0 saturated heterocycles. The van der Waals surface area contributed by atoms with E-state index in [-0.39, 0.29) is 17.2 Å². The number of imidazole rings is 1. The summed E-state index contributed by atoms with van der Waals surface area (Å²) in [4.78, 5) is 8.69. The number of anilines is 1. The molecular formula is C28H19F5N4. The van der Waals surface area contributed by atoms with Crippen LogP contribution < -0.4 is 5.32 Å². The number of alkyl halides is 3. The van der Waals surface area contributed by atoms with Crippen molar-refractivity contribution in [1.29, 1.82) is 0 Å². The van der Waals surface area contributed by atoms with Crippen molar-refractivity contribution in [1.82, 2.24) is 14.4 Å². The third-order valence-corrected chi connectivity index (χ3v) is 5.97. The van der Waals surface area contributed by atoms with Crippen LogP contribution in [-0.2, 0) is 6.18 Å². The lowest BCUT2D eigenvalue weighted by Gasteiger charge is -2.15. The number of nitrogens with one attached hydrogen (secondary N) is 1. The van der Waals surface area contributed by atoms with Crippen molar-refractivity contribution in [3.05, 3.63) is 114 Å². The number of hydrogen-bond acceptors (Lipinski definition) is 3. The first-order valence-corrected chi connectivity index (χ1v) is 11.1. The molecule has 9 heteroatoms. The molecule has 186 valence electrons. The molecule has 0 bridgehead atoms. The van der Waals surface area contributed by atoms with E-state index in [1.807, 2.05) is 13.0 Å². The van der Waals surface area contributed by atoms with Gasteiger partial charge in [0.15, 0.2) is 0 Å². The minimum absolute atomic E-state index is 0.0358. The number of pyridine rings is 2. The molecule has 3 heterocycles. The first kappa shape index (κ1) is 24.2. The zero-order valence-electron chi connectivity index (χ0n) is 19.4. The summed E-state index contributed by atoms with van der Waals surface area (Å²) in [6, 6.07) is 14.4. The highest BCUT2D eigenvalue weighted by atomic mass is 19.4. The summed E-state index contributed by atoms with van der Waals surface area (Å²) in [6.07, 6.45) is -0.224. The number of aryl methyl sites for hydroxylation is 1. The first-order chi connectivity index (χ1) is 17.6. The van der Waals surface area contributed by atoms with Gasteiger partial charge in [-0.15, -0.1) is 0 Å². The summed E-state index contributed by atoms with van der Waals surface area (Å²) in [7, 11) is 0. The second-order valence-electron chi connectivity index (χ2n) is 8.39. The predicted molar refractivity (Wildman–Crippen MR) is 133 cm³/mol. The molecule has 4 nitrogen and oxygen atoms in total. The van der Waals surface area contributed by atoms with Gasteiger partial charge in [0, 0.05) is 51.7 Å². The molecule has 0 fully saturated rings. The molecule has 0 atom stereocenters. The fraction of sp³-hybridized carbons (Fsp3) is 0.0714. The lowest BCUT2D eigenvalue weighted by Crippen LogP contribution is -2.11. The summed E-state index contributed by atoms with van der Waals surface area (Å²) in [5.74, 6) is -1.76. The van der Waals surface area contributed by atoms with E-state index in [1.165, 1.54) is 34.9 Å².